The van der Waals surface area contributed by atoms with Crippen LogP contribution in [0.25, 0.3) is 55.1 Å². The van der Waals surface area contributed by atoms with Crippen LogP contribution in [0, 0.1) is 0 Å². The molecule has 6 rings (SSSR count). The third kappa shape index (κ3) is 4.87. The van der Waals surface area contributed by atoms with Gasteiger partial charge in [0.05, 0.1) is 28.7 Å². The van der Waals surface area contributed by atoms with Crippen molar-refractivity contribution >= 4 is 53.3 Å². The lowest BCUT2D eigenvalue weighted by Crippen LogP contribution is -1.90. The number of benzene rings is 4. The van der Waals surface area contributed by atoms with Gasteiger partial charge < -0.3 is 0 Å². The van der Waals surface area contributed by atoms with Gasteiger partial charge in [0.25, 0.3) is 10.1 Å². The van der Waals surface area contributed by atoms with Crippen molar-refractivity contribution in [3.63, 3.8) is 0 Å². The van der Waals surface area contributed by atoms with Gasteiger partial charge in [0.2, 0.25) is 0 Å². The first-order valence-electron chi connectivity index (χ1n) is 9.54. The quantitative estimate of drug-likeness (QED) is 0.254. The lowest BCUT2D eigenvalue weighted by molar-refractivity contribution is 0.490. The van der Waals surface area contributed by atoms with Crippen molar-refractivity contribution in [1.29, 1.82) is 0 Å². The Balaban J connectivity index is 0.000000250. The first kappa shape index (κ1) is 22.5. The monoisotopic (exact) mass is 480 g/mol. The van der Waals surface area contributed by atoms with Crippen molar-refractivity contribution in [3.8, 4) is 22.5 Å². The van der Waals surface area contributed by atoms with Gasteiger partial charge in [-0.2, -0.15) is 8.42 Å². The Hall–Kier alpha value is -3.73. The molecule has 4 aromatic carbocycles. The summed E-state index contributed by atoms with van der Waals surface area (Å²) in [5.74, 6) is 0. The molecule has 0 amide bonds. The van der Waals surface area contributed by atoms with Gasteiger partial charge in [0, 0.05) is 16.5 Å². The topological polar surface area (TPSA) is 131 Å². The highest BCUT2D eigenvalue weighted by Crippen LogP contribution is 2.45. The molecule has 0 unspecified atom stereocenters. The molecular weight excluding hydrogens is 464 g/mol. The standard InChI is InChI=1S/C22H12N2.CH4O3S.O3S/c1-2-6-15-12-19-18(11-14(15)5-1)23-21-16-9-3-7-13-8-4-10-17(20(13)16)22(21)24-19;1-5(2,3)4;1-4(2)3/h1-12H;1H3,(H,2,3,4);. The van der Waals surface area contributed by atoms with Crippen LogP contribution in [0.3, 0.4) is 0 Å². The second-order valence-corrected chi connectivity index (χ2v) is 9.13. The maximum atomic E-state index is 9.19. The highest BCUT2D eigenvalue weighted by molar-refractivity contribution is 7.85. The third-order valence-electron chi connectivity index (χ3n) is 4.95. The largest absolute Gasteiger partial charge is 0.425 e. The molecule has 1 aliphatic rings. The molecule has 0 aliphatic heterocycles. The van der Waals surface area contributed by atoms with E-state index in [9.17, 15) is 8.42 Å². The van der Waals surface area contributed by atoms with Crippen LogP contribution >= 0.6 is 0 Å². The highest BCUT2D eigenvalue weighted by Gasteiger charge is 2.24. The Morgan fingerprint density at radius 1 is 0.697 bits per heavy atom. The maximum absolute atomic E-state index is 9.19. The zero-order valence-corrected chi connectivity index (χ0v) is 18.8. The van der Waals surface area contributed by atoms with Crippen LogP contribution in [-0.2, 0) is 20.7 Å². The van der Waals surface area contributed by atoms with Crippen molar-refractivity contribution in [2.45, 2.75) is 0 Å². The van der Waals surface area contributed by atoms with E-state index in [0.29, 0.717) is 6.26 Å². The molecule has 0 atom stereocenters. The smallest absolute Gasteiger partial charge is 0.286 e. The van der Waals surface area contributed by atoms with Gasteiger partial charge in [0.1, 0.15) is 0 Å². The van der Waals surface area contributed by atoms with Crippen LogP contribution in [0.15, 0.2) is 72.8 Å². The van der Waals surface area contributed by atoms with Crippen molar-refractivity contribution < 1.29 is 25.6 Å². The predicted octanol–water partition coefficient (Wildman–Crippen LogP) is 4.08. The molecule has 0 bridgehead atoms. The zero-order chi connectivity index (χ0) is 23.8. The predicted molar refractivity (Wildman–Crippen MR) is 126 cm³/mol. The van der Waals surface area contributed by atoms with Gasteiger partial charge in [-0.3, -0.25) is 4.55 Å². The van der Waals surface area contributed by atoms with Crippen LogP contribution in [-0.4, -0.2) is 41.8 Å². The Morgan fingerprint density at radius 3 is 1.45 bits per heavy atom. The van der Waals surface area contributed by atoms with Crippen molar-refractivity contribution in [2.75, 3.05) is 6.26 Å². The molecule has 0 saturated carbocycles. The molecule has 0 fully saturated rings. The number of fused-ring (bicyclic) bond motifs is 5. The van der Waals surface area contributed by atoms with Crippen LogP contribution in [0.2, 0.25) is 0 Å². The summed E-state index contributed by atoms with van der Waals surface area (Å²) < 4.78 is 51.2. The van der Waals surface area contributed by atoms with Crippen LogP contribution in [0.1, 0.15) is 0 Å². The molecule has 1 aliphatic carbocycles. The average molecular weight is 481 g/mol. The zero-order valence-electron chi connectivity index (χ0n) is 17.1. The molecule has 1 N–H and O–H groups in total. The second kappa shape index (κ2) is 8.66. The Bertz CT molecular complexity index is 1660. The fourth-order valence-electron chi connectivity index (χ4n) is 3.85. The van der Waals surface area contributed by atoms with Gasteiger partial charge in [-0.05, 0) is 28.3 Å². The summed E-state index contributed by atoms with van der Waals surface area (Å²) in [6, 6.07) is 25.5. The van der Waals surface area contributed by atoms with Gasteiger partial charge in [-0.15, -0.1) is 12.6 Å². The van der Waals surface area contributed by atoms with E-state index >= 15 is 0 Å². The molecule has 0 radical (unpaired) electrons. The molecule has 0 spiro atoms. The summed E-state index contributed by atoms with van der Waals surface area (Å²) in [6.07, 6.45) is 0.715. The van der Waals surface area contributed by atoms with E-state index in [4.69, 9.17) is 27.1 Å². The van der Waals surface area contributed by atoms with E-state index in [1.54, 1.807) is 0 Å². The second-order valence-electron chi connectivity index (χ2n) is 7.26. The molecule has 33 heavy (non-hydrogen) atoms. The minimum atomic E-state index is -3.67. The summed E-state index contributed by atoms with van der Waals surface area (Å²) >= 11 is 0. The molecule has 0 saturated heterocycles. The number of hydrogen-bond acceptors (Lipinski definition) is 7. The Kier molecular flexibility index (Phi) is 5.90. The number of hydrogen-bond donors (Lipinski definition) is 1. The Morgan fingerprint density at radius 2 is 1.06 bits per heavy atom. The highest BCUT2D eigenvalue weighted by atomic mass is 32.2. The molecule has 10 heteroatoms. The fraction of sp³-hybridized carbons (Fsp3) is 0.0435. The van der Waals surface area contributed by atoms with Gasteiger partial charge in [-0.25, -0.2) is 9.97 Å². The van der Waals surface area contributed by atoms with Crippen molar-refractivity contribution in [3.05, 3.63) is 72.8 Å². The van der Waals surface area contributed by atoms with Gasteiger partial charge in [-0.1, -0.05) is 60.7 Å². The molecule has 1 aromatic heterocycles. The lowest BCUT2D eigenvalue weighted by atomic mass is 10.0. The summed E-state index contributed by atoms with van der Waals surface area (Å²) in [5, 5.41) is 4.93. The van der Waals surface area contributed by atoms with E-state index in [2.05, 4.69) is 72.8 Å². The minimum Gasteiger partial charge on any atom is -0.286 e. The molecule has 166 valence electrons. The summed E-state index contributed by atoms with van der Waals surface area (Å²) in [7, 11) is -6.78. The van der Waals surface area contributed by atoms with E-state index < -0.39 is 20.7 Å². The summed E-state index contributed by atoms with van der Waals surface area (Å²) in [5.41, 5.74) is 6.31. The van der Waals surface area contributed by atoms with E-state index in [0.717, 1.165) is 22.4 Å². The fourth-order valence-corrected chi connectivity index (χ4v) is 3.85. The van der Waals surface area contributed by atoms with Gasteiger partial charge >= 0.3 is 10.6 Å². The van der Waals surface area contributed by atoms with Crippen LogP contribution in [0.4, 0.5) is 0 Å². The van der Waals surface area contributed by atoms with Crippen molar-refractivity contribution in [1.82, 2.24) is 9.97 Å². The minimum absolute atomic E-state index is 0.715. The van der Waals surface area contributed by atoms with E-state index in [-0.39, 0.29) is 0 Å². The number of rotatable bonds is 0. The molecule has 1 heterocycles. The SMILES string of the molecule is CS(=O)(=O)O.O=S(=O)=O.c1ccc2cc3nc4c(nc3cc2c1)-c1cccc2cccc-4c12. The summed E-state index contributed by atoms with van der Waals surface area (Å²) in [6.45, 7) is 0. The van der Waals surface area contributed by atoms with Crippen molar-refractivity contribution in [2.24, 2.45) is 0 Å². The lowest BCUT2D eigenvalue weighted by Gasteiger charge is -2.05. The third-order valence-corrected chi connectivity index (χ3v) is 4.95. The number of aromatic nitrogens is 2. The normalized spacial score (nSPS) is 11.3. The van der Waals surface area contributed by atoms with E-state index in [1.807, 2.05) is 0 Å². The number of nitrogens with zero attached hydrogens (tertiary/aromatic N) is 2. The first-order chi connectivity index (χ1) is 15.6. The van der Waals surface area contributed by atoms with E-state index in [1.165, 1.54) is 32.7 Å². The van der Waals surface area contributed by atoms with Gasteiger partial charge in [0.15, 0.2) is 0 Å². The Labute approximate surface area is 190 Å². The maximum Gasteiger partial charge on any atom is 0.425 e. The average Bonchev–Trinajstić information content (AvgIpc) is 3.04. The molecular formula is C23H16N2O6S2. The molecule has 8 nitrogen and oxygen atoms in total. The first-order valence-corrected chi connectivity index (χ1v) is 12.4. The summed E-state index contributed by atoms with van der Waals surface area (Å²) in [4.78, 5) is 9.97. The van der Waals surface area contributed by atoms with Crippen LogP contribution in [0.5, 0.6) is 0 Å². The molecule has 5 aromatic rings. The van der Waals surface area contributed by atoms with Crippen LogP contribution < -0.4 is 0 Å².